The molecule has 25 heavy (non-hydrogen) atoms. The fourth-order valence-corrected chi connectivity index (χ4v) is 2.69. The molecular weight excluding hydrogens is 323 g/mol. The largest absolute Gasteiger partial charge is 0.357 e. The molecule has 2 amide bonds. The Morgan fingerprint density at radius 2 is 1.96 bits per heavy atom. The topological polar surface area (TPSA) is 74.3 Å². The maximum Gasteiger partial charge on any atom is 0.251 e. The third-order valence-corrected chi connectivity index (χ3v) is 3.96. The quantitative estimate of drug-likeness (QED) is 0.873. The molecule has 2 N–H and O–H groups in total. The Morgan fingerprint density at radius 1 is 1.16 bits per heavy atom. The molecule has 0 atom stereocenters. The summed E-state index contributed by atoms with van der Waals surface area (Å²) in [7, 11) is 0. The molecule has 0 unspecified atom stereocenters. The molecule has 1 aliphatic rings. The minimum atomic E-state index is -0.503. The van der Waals surface area contributed by atoms with Crippen molar-refractivity contribution in [2.75, 3.05) is 29.9 Å². The van der Waals surface area contributed by atoms with Crippen LogP contribution in [0.15, 0.2) is 42.6 Å². The third-order valence-electron chi connectivity index (χ3n) is 3.96. The highest BCUT2D eigenvalue weighted by atomic mass is 19.1. The third kappa shape index (κ3) is 4.53. The van der Waals surface area contributed by atoms with Gasteiger partial charge in [0.15, 0.2) is 0 Å². The number of carbonyl (C=O) groups is 2. The van der Waals surface area contributed by atoms with E-state index in [1.54, 1.807) is 12.3 Å². The second-order valence-electron chi connectivity index (χ2n) is 5.84. The summed E-state index contributed by atoms with van der Waals surface area (Å²) in [6.45, 7) is 1.80. The molecule has 0 spiro atoms. The van der Waals surface area contributed by atoms with Gasteiger partial charge in [0.05, 0.1) is 18.4 Å². The van der Waals surface area contributed by atoms with E-state index in [0.29, 0.717) is 5.69 Å². The second-order valence-corrected chi connectivity index (χ2v) is 5.84. The summed E-state index contributed by atoms with van der Waals surface area (Å²) in [5, 5.41) is 5.13. The van der Waals surface area contributed by atoms with Gasteiger partial charge < -0.3 is 15.5 Å². The molecule has 1 aliphatic heterocycles. The molecule has 7 heteroatoms. The van der Waals surface area contributed by atoms with Crippen LogP contribution in [0.25, 0.3) is 0 Å². The first-order valence-electron chi connectivity index (χ1n) is 8.16. The van der Waals surface area contributed by atoms with Crippen molar-refractivity contribution in [1.82, 2.24) is 10.3 Å². The standard InChI is InChI=1S/C18H19FN4O2/c19-14-5-3-4-13(10-14)18(25)21-12-17(24)22-15-6-7-16(20-11-15)23-8-1-2-9-23/h3-7,10-11H,1-2,8-9,12H2,(H,21,25)(H,22,24). The number of aromatic nitrogens is 1. The van der Waals surface area contributed by atoms with Crippen LogP contribution in [0.5, 0.6) is 0 Å². The van der Waals surface area contributed by atoms with Crippen molar-refractivity contribution >= 4 is 23.3 Å². The van der Waals surface area contributed by atoms with Gasteiger partial charge in [0.25, 0.3) is 5.91 Å². The van der Waals surface area contributed by atoms with Gasteiger partial charge in [-0.05, 0) is 43.2 Å². The van der Waals surface area contributed by atoms with E-state index in [-0.39, 0.29) is 18.0 Å². The van der Waals surface area contributed by atoms with Gasteiger partial charge in [-0.2, -0.15) is 0 Å². The molecule has 0 bridgehead atoms. The number of nitrogens with zero attached hydrogens (tertiary/aromatic N) is 2. The lowest BCUT2D eigenvalue weighted by molar-refractivity contribution is -0.115. The predicted molar refractivity (Wildman–Crippen MR) is 93.0 cm³/mol. The van der Waals surface area contributed by atoms with E-state index in [1.807, 2.05) is 6.07 Å². The van der Waals surface area contributed by atoms with Gasteiger partial charge in [0, 0.05) is 18.7 Å². The van der Waals surface area contributed by atoms with Gasteiger partial charge in [-0.15, -0.1) is 0 Å². The van der Waals surface area contributed by atoms with Gasteiger partial charge in [0.2, 0.25) is 5.91 Å². The van der Waals surface area contributed by atoms with Crippen LogP contribution in [0.3, 0.4) is 0 Å². The number of nitrogens with one attached hydrogen (secondary N) is 2. The summed E-state index contributed by atoms with van der Waals surface area (Å²) >= 11 is 0. The Morgan fingerprint density at radius 3 is 2.64 bits per heavy atom. The van der Waals surface area contributed by atoms with Crippen LogP contribution in [0.4, 0.5) is 15.9 Å². The molecule has 1 aromatic carbocycles. The van der Waals surface area contributed by atoms with Crippen LogP contribution >= 0.6 is 0 Å². The van der Waals surface area contributed by atoms with Crippen LogP contribution in [-0.4, -0.2) is 36.4 Å². The number of rotatable bonds is 5. The average molecular weight is 342 g/mol. The summed E-state index contributed by atoms with van der Waals surface area (Å²) < 4.78 is 13.1. The van der Waals surface area contributed by atoms with Crippen molar-refractivity contribution in [3.8, 4) is 0 Å². The monoisotopic (exact) mass is 342 g/mol. The van der Waals surface area contributed by atoms with E-state index >= 15 is 0 Å². The highest BCUT2D eigenvalue weighted by molar-refractivity contribution is 5.99. The fraction of sp³-hybridized carbons (Fsp3) is 0.278. The van der Waals surface area contributed by atoms with E-state index in [2.05, 4.69) is 20.5 Å². The molecule has 1 saturated heterocycles. The Hall–Kier alpha value is -2.96. The zero-order valence-electron chi connectivity index (χ0n) is 13.7. The summed E-state index contributed by atoms with van der Waals surface area (Å²) in [4.78, 5) is 30.3. The number of pyridine rings is 1. The van der Waals surface area contributed by atoms with Crippen molar-refractivity contribution in [2.45, 2.75) is 12.8 Å². The van der Waals surface area contributed by atoms with Crippen molar-refractivity contribution < 1.29 is 14.0 Å². The van der Waals surface area contributed by atoms with Crippen LogP contribution in [0.2, 0.25) is 0 Å². The highest BCUT2D eigenvalue weighted by Gasteiger charge is 2.13. The molecule has 6 nitrogen and oxygen atoms in total. The molecular formula is C18H19FN4O2. The van der Waals surface area contributed by atoms with Crippen LogP contribution in [0.1, 0.15) is 23.2 Å². The minimum Gasteiger partial charge on any atom is -0.357 e. The predicted octanol–water partition coefficient (Wildman–Crippen LogP) is 2.19. The first kappa shape index (κ1) is 16.9. The summed E-state index contributed by atoms with van der Waals surface area (Å²) in [6, 6.07) is 8.95. The van der Waals surface area contributed by atoms with Gasteiger partial charge >= 0.3 is 0 Å². The van der Waals surface area contributed by atoms with Crippen LogP contribution < -0.4 is 15.5 Å². The number of hydrogen-bond acceptors (Lipinski definition) is 4. The van der Waals surface area contributed by atoms with Gasteiger partial charge in [0.1, 0.15) is 11.6 Å². The van der Waals surface area contributed by atoms with E-state index in [0.717, 1.165) is 25.0 Å². The summed E-state index contributed by atoms with van der Waals surface area (Å²) in [5.74, 6) is -0.478. The highest BCUT2D eigenvalue weighted by Crippen LogP contribution is 2.18. The maximum absolute atomic E-state index is 13.1. The Labute approximate surface area is 145 Å². The molecule has 3 rings (SSSR count). The zero-order valence-corrected chi connectivity index (χ0v) is 13.7. The van der Waals surface area contributed by atoms with Crippen molar-refractivity contribution in [1.29, 1.82) is 0 Å². The second kappa shape index (κ2) is 7.74. The minimum absolute atomic E-state index is 0.171. The zero-order chi connectivity index (χ0) is 17.6. The number of benzene rings is 1. The first-order chi connectivity index (χ1) is 12.1. The molecule has 1 fully saturated rings. The lowest BCUT2D eigenvalue weighted by Gasteiger charge is -2.16. The number of carbonyl (C=O) groups excluding carboxylic acids is 2. The lowest BCUT2D eigenvalue weighted by atomic mass is 10.2. The van der Waals surface area contributed by atoms with E-state index < -0.39 is 11.7 Å². The Balaban J connectivity index is 1.49. The van der Waals surface area contributed by atoms with E-state index in [1.165, 1.54) is 31.0 Å². The molecule has 130 valence electrons. The SMILES string of the molecule is O=C(CNC(=O)c1cccc(F)c1)Nc1ccc(N2CCCC2)nc1. The summed E-state index contributed by atoms with van der Waals surface area (Å²) in [6.07, 6.45) is 3.94. The molecule has 2 aromatic rings. The number of hydrogen-bond donors (Lipinski definition) is 2. The maximum atomic E-state index is 13.1. The fourth-order valence-electron chi connectivity index (χ4n) is 2.69. The van der Waals surface area contributed by atoms with Gasteiger partial charge in [-0.3, -0.25) is 9.59 Å². The van der Waals surface area contributed by atoms with E-state index in [4.69, 9.17) is 0 Å². The molecule has 2 heterocycles. The molecule has 0 radical (unpaired) electrons. The Kier molecular flexibility index (Phi) is 5.23. The molecule has 1 aromatic heterocycles. The van der Waals surface area contributed by atoms with Crippen molar-refractivity contribution in [3.05, 3.63) is 54.0 Å². The van der Waals surface area contributed by atoms with Crippen molar-refractivity contribution in [3.63, 3.8) is 0 Å². The van der Waals surface area contributed by atoms with Gasteiger partial charge in [-0.1, -0.05) is 6.07 Å². The van der Waals surface area contributed by atoms with Crippen LogP contribution in [-0.2, 0) is 4.79 Å². The normalized spacial score (nSPS) is 13.6. The number of amides is 2. The summed E-state index contributed by atoms with van der Waals surface area (Å²) in [5.41, 5.74) is 0.734. The molecule has 0 saturated carbocycles. The average Bonchev–Trinajstić information content (AvgIpc) is 3.15. The number of anilines is 2. The van der Waals surface area contributed by atoms with Gasteiger partial charge in [-0.25, -0.2) is 9.37 Å². The number of halogens is 1. The van der Waals surface area contributed by atoms with Crippen molar-refractivity contribution in [2.24, 2.45) is 0 Å². The molecule has 0 aliphatic carbocycles. The smallest absolute Gasteiger partial charge is 0.251 e. The Bertz CT molecular complexity index is 758. The lowest BCUT2D eigenvalue weighted by Crippen LogP contribution is -2.32. The van der Waals surface area contributed by atoms with E-state index in [9.17, 15) is 14.0 Å². The van der Waals surface area contributed by atoms with Crippen LogP contribution in [0, 0.1) is 5.82 Å². The first-order valence-corrected chi connectivity index (χ1v) is 8.16.